The summed E-state index contributed by atoms with van der Waals surface area (Å²) in [6, 6.07) is 0.761. The van der Waals surface area contributed by atoms with Crippen molar-refractivity contribution in [3.63, 3.8) is 0 Å². The average Bonchev–Trinajstić information content (AvgIpc) is 1.78. The summed E-state index contributed by atoms with van der Waals surface area (Å²) in [5.41, 5.74) is 5.73. The van der Waals surface area contributed by atoms with Gasteiger partial charge in [-0.25, -0.2) is 0 Å². The van der Waals surface area contributed by atoms with Crippen LogP contribution in [0.5, 0.6) is 0 Å². The van der Waals surface area contributed by atoms with Gasteiger partial charge in [-0.05, 0) is 39.5 Å². The van der Waals surface area contributed by atoms with Crippen molar-refractivity contribution >= 4 is 5.96 Å². The number of hydrogen-bond donors (Lipinski definition) is 2. The van der Waals surface area contributed by atoms with Crippen molar-refractivity contribution in [3.8, 4) is 0 Å². The van der Waals surface area contributed by atoms with Gasteiger partial charge in [-0.2, -0.15) is 0 Å². The number of aliphatic imine (C=N–C) groups is 1. The monoisotopic (exact) mass is 183 g/mol. The molecule has 1 fully saturated rings. The molecule has 76 valence electrons. The molecule has 0 aromatic heterocycles. The molecule has 0 radical (unpaired) electrons. The average molecular weight is 183 g/mol. The van der Waals surface area contributed by atoms with E-state index in [0.29, 0.717) is 18.0 Å². The third-order valence-corrected chi connectivity index (χ3v) is 2.61. The zero-order chi connectivity index (χ0) is 9.84. The van der Waals surface area contributed by atoms with Crippen molar-refractivity contribution in [3.05, 3.63) is 0 Å². The van der Waals surface area contributed by atoms with E-state index in [-0.39, 0.29) is 0 Å². The summed E-state index contributed by atoms with van der Waals surface area (Å²) >= 11 is 0. The summed E-state index contributed by atoms with van der Waals surface area (Å²) in [5, 5.41) is 3.10. The first kappa shape index (κ1) is 10.4. The van der Waals surface area contributed by atoms with E-state index in [1.807, 2.05) is 0 Å². The van der Waals surface area contributed by atoms with E-state index < -0.39 is 0 Å². The van der Waals surface area contributed by atoms with E-state index in [1.165, 1.54) is 19.3 Å². The minimum Gasteiger partial charge on any atom is -0.370 e. The van der Waals surface area contributed by atoms with Crippen molar-refractivity contribution < 1.29 is 0 Å². The van der Waals surface area contributed by atoms with Gasteiger partial charge < -0.3 is 11.1 Å². The lowest BCUT2D eigenvalue weighted by molar-refractivity contribution is 0.274. The molecule has 0 amide bonds. The summed E-state index contributed by atoms with van der Waals surface area (Å²) in [5.74, 6) is 1.36. The Balaban J connectivity index is 2.34. The van der Waals surface area contributed by atoms with Gasteiger partial charge in [0.2, 0.25) is 0 Å². The van der Waals surface area contributed by atoms with Crippen LogP contribution in [-0.2, 0) is 0 Å². The first-order valence-corrected chi connectivity index (χ1v) is 5.19. The van der Waals surface area contributed by atoms with Gasteiger partial charge in [0.05, 0.1) is 6.04 Å². The maximum Gasteiger partial charge on any atom is 0.189 e. The Bertz CT molecular complexity index is 183. The molecule has 1 aliphatic carbocycles. The van der Waals surface area contributed by atoms with Gasteiger partial charge in [-0.3, -0.25) is 4.99 Å². The van der Waals surface area contributed by atoms with Crippen LogP contribution < -0.4 is 11.1 Å². The molecule has 0 aromatic rings. The molecule has 1 aliphatic rings. The highest BCUT2D eigenvalue weighted by molar-refractivity contribution is 5.78. The Morgan fingerprint density at radius 3 is 2.38 bits per heavy atom. The van der Waals surface area contributed by atoms with Crippen LogP contribution in [0.4, 0.5) is 0 Å². The normalized spacial score (nSPS) is 21.4. The minimum atomic E-state index is 0.373. The van der Waals surface area contributed by atoms with Gasteiger partial charge in [-0.1, -0.05) is 6.42 Å². The van der Waals surface area contributed by atoms with E-state index in [9.17, 15) is 0 Å². The van der Waals surface area contributed by atoms with Crippen LogP contribution in [0.1, 0.15) is 40.0 Å². The fourth-order valence-electron chi connectivity index (χ4n) is 1.58. The van der Waals surface area contributed by atoms with Crippen LogP contribution in [0.25, 0.3) is 0 Å². The molecule has 0 bridgehead atoms. The molecule has 0 spiro atoms. The van der Waals surface area contributed by atoms with Crippen molar-refractivity contribution in [1.82, 2.24) is 5.32 Å². The van der Waals surface area contributed by atoms with E-state index >= 15 is 0 Å². The van der Waals surface area contributed by atoms with Crippen LogP contribution in [0.3, 0.4) is 0 Å². The van der Waals surface area contributed by atoms with Crippen molar-refractivity contribution in [1.29, 1.82) is 0 Å². The molecular formula is C10H21N3. The van der Waals surface area contributed by atoms with E-state index in [4.69, 9.17) is 5.73 Å². The summed E-state index contributed by atoms with van der Waals surface area (Å²) < 4.78 is 0. The van der Waals surface area contributed by atoms with Gasteiger partial charge in [0.1, 0.15) is 0 Å². The van der Waals surface area contributed by atoms with E-state index in [2.05, 4.69) is 31.1 Å². The molecule has 13 heavy (non-hydrogen) atoms. The second kappa shape index (κ2) is 4.49. The predicted molar refractivity (Wildman–Crippen MR) is 56.7 cm³/mol. The largest absolute Gasteiger partial charge is 0.370 e. The van der Waals surface area contributed by atoms with Crippen molar-refractivity contribution in [2.24, 2.45) is 16.6 Å². The molecule has 0 aliphatic heterocycles. The van der Waals surface area contributed by atoms with Gasteiger partial charge in [0, 0.05) is 6.04 Å². The number of nitrogens with zero attached hydrogens (tertiary/aromatic N) is 1. The zero-order valence-corrected chi connectivity index (χ0v) is 8.88. The predicted octanol–water partition coefficient (Wildman–Crippen LogP) is 1.49. The smallest absolute Gasteiger partial charge is 0.189 e. The Morgan fingerprint density at radius 1 is 1.38 bits per heavy atom. The summed E-state index contributed by atoms with van der Waals surface area (Å²) in [6.45, 7) is 6.28. The third-order valence-electron chi connectivity index (χ3n) is 2.61. The SMILES string of the molecule is CC(C)NC(N)=NC(C)C1CCC1. The van der Waals surface area contributed by atoms with Crippen LogP contribution >= 0.6 is 0 Å². The maximum absolute atomic E-state index is 5.73. The molecular weight excluding hydrogens is 162 g/mol. The van der Waals surface area contributed by atoms with Crippen molar-refractivity contribution in [2.75, 3.05) is 0 Å². The van der Waals surface area contributed by atoms with Gasteiger partial charge in [0.15, 0.2) is 5.96 Å². The highest BCUT2D eigenvalue weighted by atomic mass is 15.1. The Kier molecular flexibility index (Phi) is 3.58. The molecule has 0 saturated heterocycles. The van der Waals surface area contributed by atoms with Crippen LogP contribution in [0.15, 0.2) is 4.99 Å². The van der Waals surface area contributed by atoms with Crippen LogP contribution in [-0.4, -0.2) is 18.0 Å². The lowest BCUT2D eigenvalue weighted by atomic mass is 9.81. The van der Waals surface area contributed by atoms with Crippen molar-refractivity contribution in [2.45, 2.75) is 52.1 Å². The number of nitrogens with one attached hydrogen (secondary N) is 1. The molecule has 1 unspecified atom stereocenters. The molecule has 0 heterocycles. The molecule has 3 nitrogen and oxygen atoms in total. The highest BCUT2D eigenvalue weighted by Gasteiger charge is 2.23. The number of guanidine groups is 1. The fourth-order valence-corrected chi connectivity index (χ4v) is 1.58. The molecule has 1 atom stereocenters. The lowest BCUT2D eigenvalue weighted by Gasteiger charge is -2.29. The lowest BCUT2D eigenvalue weighted by Crippen LogP contribution is -2.38. The first-order chi connectivity index (χ1) is 6.09. The third kappa shape index (κ3) is 3.25. The number of nitrogens with two attached hydrogens (primary N) is 1. The summed E-state index contributed by atoms with van der Waals surface area (Å²) in [4.78, 5) is 4.42. The molecule has 0 aromatic carbocycles. The second-order valence-corrected chi connectivity index (χ2v) is 4.24. The molecule has 1 saturated carbocycles. The van der Waals surface area contributed by atoms with Crippen LogP contribution in [0.2, 0.25) is 0 Å². The standard InChI is InChI=1S/C10H21N3/c1-7(2)12-10(11)13-8(3)9-5-4-6-9/h7-9H,4-6H2,1-3H3,(H3,11,12,13). The topological polar surface area (TPSA) is 50.4 Å². The van der Waals surface area contributed by atoms with Gasteiger partial charge in [-0.15, -0.1) is 0 Å². The number of hydrogen-bond acceptors (Lipinski definition) is 1. The van der Waals surface area contributed by atoms with Gasteiger partial charge >= 0.3 is 0 Å². The first-order valence-electron chi connectivity index (χ1n) is 5.19. The van der Waals surface area contributed by atoms with Gasteiger partial charge in [0.25, 0.3) is 0 Å². The zero-order valence-electron chi connectivity index (χ0n) is 8.88. The van der Waals surface area contributed by atoms with E-state index in [1.54, 1.807) is 0 Å². The second-order valence-electron chi connectivity index (χ2n) is 4.24. The molecule has 3 heteroatoms. The van der Waals surface area contributed by atoms with Crippen LogP contribution in [0, 0.1) is 5.92 Å². The maximum atomic E-state index is 5.73. The fraction of sp³-hybridized carbons (Fsp3) is 0.900. The Hall–Kier alpha value is -0.730. The Morgan fingerprint density at radius 2 is 2.00 bits per heavy atom. The quantitative estimate of drug-likeness (QED) is 0.514. The summed E-state index contributed by atoms with van der Waals surface area (Å²) in [6.07, 6.45) is 4.00. The number of rotatable bonds is 3. The Labute approximate surface area is 80.8 Å². The molecule has 3 N–H and O–H groups in total. The van der Waals surface area contributed by atoms with E-state index in [0.717, 1.165) is 5.92 Å². The highest BCUT2D eigenvalue weighted by Crippen LogP contribution is 2.30. The minimum absolute atomic E-state index is 0.373. The summed E-state index contributed by atoms with van der Waals surface area (Å²) in [7, 11) is 0. The molecule has 1 rings (SSSR count).